The molecule has 0 saturated carbocycles. The van der Waals surface area contributed by atoms with Gasteiger partial charge < -0.3 is 15.9 Å². The second kappa shape index (κ2) is 4.72. The number of hydrogen-bond donors (Lipinski definition) is 3. The van der Waals surface area contributed by atoms with Crippen molar-refractivity contribution in [3.63, 3.8) is 0 Å². The van der Waals surface area contributed by atoms with E-state index in [1.165, 1.54) is 6.07 Å². The van der Waals surface area contributed by atoms with Crippen molar-refractivity contribution in [1.82, 2.24) is 0 Å². The van der Waals surface area contributed by atoms with Crippen LogP contribution in [0.15, 0.2) is 18.2 Å². The van der Waals surface area contributed by atoms with Crippen molar-refractivity contribution in [3.8, 4) is 11.5 Å². The molecule has 0 aliphatic carbocycles. The third kappa shape index (κ3) is 2.95. The summed E-state index contributed by atoms with van der Waals surface area (Å²) in [5.41, 5.74) is 6.39. The summed E-state index contributed by atoms with van der Waals surface area (Å²) >= 11 is 0. The van der Waals surface area contributed by atoms with Crippen LogP contribution in [0.3, 0.4) is 0 Å². The molecule has 1 aromatic carbocycles. The molecule has 13 heavy (non-hydrogen) atoms. The minimum atomic E-state index is -0.0671. The molecule has 0 spiro atoms. The Hall–Kier alpha value is -1.22. The normalized spacial score (nSPS) is 10.2. The van der Waals surface area contributed by atoms with Crippen molar-refractivity contribution >= 4 is 0 Å². The van der Waals surface area contributed by atoms with Gasteiger partial charge in [-0.2, -0.15) is 0 Å². The molecule has 1 aromatic rings. The van der Waals surface area contributed by atoms with Crippen molar-refractivity contribution in [3.05, 3.63) is 23.8 Å². The minimum absolute atomic E-state index is 0.0507. The Morgan fingerprint density at radius 2 is 1.85 bits per heavy atom. The van der Waals surface area contributed by atoms with E-state index in [-0.39, 0.29) is 11.5 Å². The predicted molar refractivity (Wildman–Crippen MR) is 51.8 cm³/mol. The number of nitrogens with two attached hydrogens (primary N) is 1. The number of aromatic hydroxyl groups is 2. The summed E-state index contributed by atoms with van der Waals surface area (Å²) in [6.07, 6.45) is 2.90. The zero-order chi connectivity index (χ0) is 9.68. The van der Waals surface area contributed by atoms with Crippen molar-refractivity contribution in [1.29, 1.82) is 0 Å². The Bertz CT molecular complexity index is 274. The standard InChI is InChI=1S/C10H15NO2/c11-6-2-1-3-8-4-5-9(12)10(13)7-8/h4-5,7,12-13H,1-3,6,11H2. The molecule has 4 N–H and O–H groups in total. The molecule has 3 heteroatoms. The van der Waals surface area contributed by atoms with Gasteiger partial charge in [0.15, 0.2) is 11.5 Å². The average Bonchev–Trinajstić information content (AvgIpc) is 2.12. The first-order valence-electron chi connectivity index (χ1n) is 4.45. The first kappa shape index (κ1) is 9.86. The summed E-state index contributed by atoms with van der Waals surface area (Å²) in [7, 11) is 0. The molecule has 0 aliphatic heterocycles. The van der Waals surface area contributed by atoms with Crippen molar-refractivity contribution in [2.45, 2.75) is 19.3 Å². The van der Waals surface area contributed by atoms with Gasteiger partial charge in [-0.3, -0.25) is 0 Å². The van der Waals surface area contributed by atoms with Crippen LogP contribution in [-0.2, 0) is 6.42 Å². The van der Waals surface area contributed by atoms with Crippen LogP contribution in [0, 0.1) is 0 Å². The summed E-state index contributed by atoms with van der Waals surface area (Å²) in [4.78, 5) is 0. The van der Waals surface area contributed by atoms with Gasteiger partial charge in [-0.15, -0.1) is 0 Å². The molecule has 0 bridgehead atoms. The topological polar surface area (TPSA) is 66.5 Å². The van der Waals surface area contributed by atoms with E-state index in [0.717, 1.165) is 24.8 Å². The smallest absolute Gasteiger partial charge is 0.157 e. The van der Waals surface area contributed by atoms with Gasteiger partial charge in [0.25, 0.3) is 0 Å². The Labute approximate surface area is 77.8 Å². The van der Waals surface area contributed by atoms with E-state index >= 15 is 0 Å². The highest BCUT2D eigenvalue weighted by Crippen LogP contribution is 2.25. The molecule has 0 saturated heterocycles. The number of hydrogen-bond acceptors (Lipinski definition) is 3. The van der Waals surface area contributed by atoms with Gasteiger partial charge in [0.1, 0.15) is 0 Å². The Balaban J connectivity index is 2.53. The molecule has 3 nitrogen and oxygen atoms in total. The molecule has 0 aromatic heterocycles. The first-order chi connectivity index (χ1) is 6.24. The third-order valence-electron chi connectivity index (χ3n) is 1.96. The number of unbranched alkanes of at least 4 members (excludes halogenated alkanes) is 1. The van der Waals surface area contributed by atoms with E-state index in [1.54, 1.807) is 6.07 Å². The summed E-state index contributed by atoms with van der Waals surface area (Å²) in [5.74, 6) is -0.118. The maximum atomic E-state index is 9.18. The molecule has 0 unspecified atom stereocenters. The highest BCUT2D eigenvalue weighted by atomic mass is 16.3. The second-order valence-electron chi connectivity index (χ2n) is 3.07. The summed E-state index contributed by atoms with van der Waals surface area (Å²) in [5, 5.41) is 18.2. The van der Waals surface area contributed by atoms with Crippen LogP contribution >= 0.6 is 0 Å². The largest absolute Gasteiger partial charge is 0.504 e. The molecule has 0 fully saturated rings. The number of phenols is 2. The molecule has 0 radical (unpaired) electrons. The molecule has 0 atom stereocenters. The van der Waals surface area contributed by atoms with Crippen LogP contribution in [0.5, 0.6) is 11.5 Å². The number of rotatable bonds is 4. The van der Waals surface area contributed by atoms with E-state index in [9.17, 15) is 5.11 Å². The van der Waals surface area contributed by atoms with Crippen molar-refractivity contribution in [2.75, 3.05) is 6.54 Å². The van der Waals surface area contributed by atoms with Crippen LogP contribution in [0.1, 0.15) is 18.4 Å². The number of aryl methyl sites for hydroxylation is 1. The molecule has 0 heterocycles. The van der Waals surface area contributed by atoms with Crippen LogP contribution in [0.25, 0.3) is 0 Å². The maximum absolute atomic E-state index is 9.18. The van der Waals surface area contributed by atoms with Gasteiger partial charge in [-0.1, -0.05) is 6.07 Å². The summed E-state index contributed by atoms with van der Waals surface area (Å²) in [6, 6.07) is 4.91. The third-order valence-corrected chi connectivity index (χ3v) is 1.96. The van der Waals surface area contributed by atoms with Crippen LogP contribution < -0.4 is 5.73 Å². The summed E-state index contributed by atoms with van der Waals surface area (Å²) in [6.45, 7) is 0.698. The molecular formula is C10H15NO2. The fourth-order valence-corrected chi connectivity index (χ4v) is 1.20. The number of phenolic OH excluding ortho intramolecular Hbond substituents is 2. The Morgan fingerprint density at radius 1 is 1.08 bits per heavy atom. The molecular weight excluding hydrogens is 166 g/mol. The first-order valence-corrected chi connectivity index (χ1v) is 4.45. The zero-order valence-electron chi connectivity index (χ0n) is 7.53. The fraction of sp³-hybridized carbons (Fsp3) is 0.400. The highest BCUT2D eigenvalue weighted by molar-refractivity contribution is 5.40. The van der Waals surface area contributed by atoms with Gasteiger partial charge >= 0.3 is 0 Å². The SMILES string of the molecule is NCCCCc1ccc(O)c(O)c1. The Kier molecular flexibility index (Phi) is 3.58. The second-order valence-corrected chi connectivity index (χ2v) is 3.07. The maximum Gasteiger partial charge on any atom is 0.157 e. The van der Waals surface area contributed by atoms with Gasteiger partial charge in [-0.05, 0) is 43.5 Å². The van der Waals surface area contributed by atoms with E-state index in [4.69, 9.17) is 10.8 Å². The van der Waals surface area contributed by atoms with Crippen molar-refractivity contribution < 1.29 is 10.2 Å². The summed E-state index contributed by atoms with van der Waals surface area (Å²) < 4.78 is 0. The monoisotopic (exact) mass is 181 g/mol. The van der Waals surface area contributed by atoms with E-state index in [0.29, 0.717) is 6.54 Å². The number of benzene rings is 1. The van der Waals surface area contributed by atoms with Crippen LogP contribution in [0.4, 0.5) is 0 Å². The molecule has 0 amide bonds. The molecule has 72 valence electrons. The van der Waals surface area contributed by atoms with Crippen molar-refractivity contribution in [2.24, 2.45) is 5.73 Å². The Morgan fingerprint density at radius 3 is 2.46 bits per heavy atom. The van der Waals surface area contributed by atoms with E-state index < -0.39 is 0 Å². The highest BCUT2D eigenvalue weighted by Gasteiger charge is 1.99. The van der Waals surface area contributed by atoms with Gasteiger partial charge in [0.2, 0.25) is 0 Å². The predicted octanol–water partition coefficient (Wildman–Crippen LogP) is 1.38. The average molecular weight is 181 g/mol. The fourth-order valence-electron chi connectivity index (χ4n) is 1.20. The lowest BCUT2D eigenvalue weighted by Gasteiger charge is -2.02. The van der Waals surface area contributed by atoms with Gasteiger partial charge in [0, 0.05) is 0 Å². The lowest BCUT2D eigenvalue weighted by molar-refractivity contribution is 0.403. The lowest BCUT2D eigenvalue weighted by atomic mass is 10.1. The molecule has 0 aliphatic rings. The van der Waals surface area contributed by atoms with Crippen LogP contribution in [-0.4, -0.2) is 16.8 Å². The molecule has 1 rings (SSSR count). The van der Waals surface area contributed by atoms with Crippen LogP contribution in [0.2, 0.25) is 0 Å². The van der Waals surface area contributed by atoms with E-state index in [1.807, 2.05) is 6.07 Å². The quantitative estimate of drug-likeness (QED) is 0.485. The van der Waals surface area contributed by atoms with Gasteiger partial charge in [0.05, 0.1) is 0 Å². The van der Waals surface area contributed by atoms with E-state index in [2.05, 4.69) is 0 Å². The minimum Gasteiger partial charge on any atom is -0.504 e. The lowest BCUT2D eigenvalue weighted by Crippen LogP contribution is -1.98. The van der Waals surface area contributed by atoms with Gasteiger partial charge in [-0.25, -0.2) is 0 Å². The zero-order valence-corrected chi connectivity index (χ0v) is 7.53.